The van der Waals surface area contributed by atoms with E-state index in [2.05, 4.69) is 0 Å². The van der Waals surface area contributed by atoms with E-state index in [0.29, 0.717) is 12.3 Å². The van der Waals surface area contributed by atoms with E-state index in [1.165, 1.54) is 0 Å². The van der Waals surface area contributed by atoms with Gasteiger partial charge in [-0.2, -0.15) is 0 Å². The van der Waals surface area contributed by atoms with Crippen molar-refractivity contribution < 1.29 is 13.6 Å². The third kappa shape index (κ3) is 0.582. The number of hydrogen-bond acceptors (Lipinski definition) is 4. The molecule has 0 aliphatic carbocycles. The van der Waals surface area contributed by atoms with Crippen LogP contribution in [0.15, 0.2) is 8.83 Å². The molecule has 1 aromatic rings. The number of β-lactam (4-membered cyclic amide) rings is 1. The minimum atomic E-state index is 0.0956. The van der Waals surface area contributed by atoms with Gasteiger partial charge >= 0.3 is 4.90 Å². The summed E-state index contributed by atoms with van der Waals surface area (Å²) in [6, 6.07) is 0.269. The van der Waals surface area contributed by atoms with Crippen molar-refractivity contribution in [2.75, 3.05) is 4.90 Å². The van der Waals surface area contributed by atoms with Gasteiger partial charge in [0, 0.05) is 25.1 Å². The van der Waals surface area contributed by atoms with Crippen molar-refractivity contribution in [1.82, 2.24) is 0 Å². The second-order valence-electron chi connectivity index (χ2n) is 3.01. The van der Waals surface area contributed by atoms with Crippen molar-refractivity contribution in [3.63, 3.8) is 0 Å². The fourth-order valence-corrected chi connectivity index (χ4v) is 1.93. The molecule has 0 spiro atoms. The Balaban J connectivity index is 2.18. The minimum absolute atomic E-state index is 0.0956. The quantitative estimate of drug-likeness (QED) is 0.448. The lowest BCUT2D eigenvalue weighted by Gasteiger charge is -2.32. The van der Waals surface area contributed by atoms with Gasteiger partial charge in [-0.3, -0.25) is 9.69 Å². The van der Waals surface area contributed by atoms with Gasteiger partial charge in [0.15, 0.2) is 5.76 Å². The maximum atomic E-state index is 11.1. The molecule has 1 saturated heterocycles. The standard InChI is InChI=1S/C7H5NO3S/c9-5-2-3-1-4-6(8(3)5)11-7(12)10-4/h3H,1-2H2/t3-/m1/s1. The van der Waals surface area contributed by atoms with Gasteiger partial charge in [-0.05, 0) is 0 Å². The Hall–Kier alpha value is -1.10. The van der Waals surface area contributed by atoms with E-state index in [9.17, 15) is 4.79 Å². The van der Waals surface area contributed by atoms with Crippen LogP contribution in [0.1, 0.15) is 12.2 Å². The van der Waals surface area contributed by atoms with E-state index in [0.717, 1.165) is 12.2 Å². The molecule has 0 bridgehead atoms. The number of carbonyl (C=O) groups excluding carboxylic acids is 1. The summed E-state index contributed by atoms with van der Waals surface area (Å²) in [6.07, 6.45) is 1.35. The molecule has 5 heteroatoms. The molecular weight excluding hydrogens is 178 g/mol. The van der Waals surface area contributed by atoms with Crippen LogP contribution in [-0.4, -0.2) is 11.9 Å². The van der Waals surface area contributed by atoms with Crippen LogP contribution in [0.4, 0.5) is 5.88 Å². The molecule has 12 heavy (non-hydrogen) atoms. The summed E-state index contributed by atoms with van der Waals surface area (Å²) in [5.41, 5.74) is 0. The summed E-state index contributed by atoms with van der Waals surface area (Å²) in [5.74, 6) is 1.34. The van der Waals surface area contributed by atoms with Crippen LogP contribution in [-0.2, 0) is 11.2 Å². The summed E-state index contributed by atoms with van der Waals surface area (Å²) < 4.78 is 10.2. The molecule has 3 rings (SSSR count). The lowest BCUT2D eigenvalue weighted by molar-refractivity contribution is -0.124. The SMILES string of the molecule is O=C1C[C@H]2Cc3oc(=S)oc3N12. The van der Waals surface area contributed by atoms with E-state index < -0.39 is 0 Å². The predicted molar refractivity (Wildman–Crippen MR) is 41.4 cm³/mol. The second kappa shape index (κ2) is 1.80. The van der Waals surface area contributed by atoms with Gasteiger partial charge < -0.3 is 8.83 Å². The van der Waals surface area contributed by atoms with Gasteiger partial charge in [-0.25, -0.2) is 0 Å². The molecule has 2 aliphatic rings. The normalized spacial score (nSPS) is 25.2. The van der Waals surface area contributed by atoms with Gasteiger partial charge in [-0.15, -0.1) is 0 Å². The number of amides is 1. The van der Waals surface area contributed by atoms with Crippen LogP contribution in [0.3, 0.4) is 0 Å². The third-order valence-corrected chi connectivity index (χ3v) is 2.48. The minimum Gasteiger partial charge on any atom is -0.416 e. The van der Waals surface area contributed by atoms with Crippen LogP contribution >= 0.6 is 12.2 Å². The van der Waals surface area contributed by atoms with Gasteiger partial charge in [-0.1, -0.05) is 0 Å². The molecule has 1 fully saturated rings. The first kappa shape index (κ1) is 6.42. The molecule has 1 aromatic heterocycles. The number of carbonyl (C=O) groups is 1. The monoisotopic (exact) mass is 183 g/mol. The van der Waals surface area contributed by atoms with Crippen molar-refractivity contribution in [2.24, 2.45) is 0 Å². The summed E-state index contributed by atoms with van der Waals surface area (Å²) in [5, 5.41) is 0. The molecule has 0 saturated carbocycles. The second-order valence-corrected chi connectivity index (χ2v) is 3.34. The Morgan fingerprint density at radius 2 is 2.25 bits per heavy atom. The summed E-state index contributed by atoms with van der Waals surface area (Å²) in [6.45, 7) is 0. The zero-order valence-corrected chi connectivity index (χ0v) is 6.89. The fraction of sp³-hybridized carbons (Fsp3) is 0.429. The van der Waals surface area contributed by atoms with Gasteiger partial charge in [0.25, 0.3) is 0 Å². The molecule has 0 unspecified atom stereocenters. The highest BCUT2D eigenvalue weighted by Crippen LogP contribution is 2.40. The maximum absolute atomic E-state index is 11.1. The molecule has 0 N–H and O–H groups in total. The highest BCUT2D eigenvalue weighted by molar-refractivity contribution is 7.71. The topological polar surface area (TPSA) is 46.6 Å². The molecule has 0 radical (unpaired) electrons. The Morgan fingerprint density at radius 1 is 1.42 bits per heavy atom. The Kier molecular flexibility index (Phi) is 0.960. The fourth-order valence-electron chi connectivity index (χ4n) is 1.75. The number of nitrogens with zero attached hydrogens (tertiary/aromatic N) is 1. The van der Waals surface area contributed by atoms with Crippen LogP contribution < -0.4 is 4.90 Å². The molecule has 1 amide bonds. The van der Waals surface area contributed by atoms with Crippen LogP contribution in [0.2, 0.25) is 0 Å². The maximum Gasteiger partial charge on any atom is 0.364 e. The average molecular weight is 183 g/mol. The summed E-state index contributed by atoms with van der Waals surface area (Å²) >= 11 is 4.70. The molecule has 0 aromatic carbocycles. The Morgan fingerprint density at radius 3 is 3.00 bits per heavy atom. The van der Waals surface area contributed by atoms with Crippen LogP contribution in [0.25, 0.3) is 0 Å². The van der Waals surface area contributed by atoms with E-state index in [4.69, 9.17) is 21.1 Å². The number of rotatable bonds is 0. The molecule has 1 atom stereocenters. The van der Waals surface area contributed by atoms with E-state index in [1.807, 2.05) is 0 Å². The van der Waals surface area contributed by atoms with Crippen molar-refractivity contribution >= 4 is 24.0 Å². The van der Waals surface area contributed by atoms with Gasteiger partial charge in [0.1, 0.15) is 0 Å². The Bertz CT molecular complexity index is 419. The lowest BCUT2D eigenvalue weighted by Crippen LogP contribution is -2.50. The van der Waals surface area contributed by atoms with E-state index >= 15 is 0 Å². The Labute approximate surface area is 72.8 Å². The van der Waals surface area contributed by atoms with Crippen LogP contribution in [0, 0.1) is 4.90 Å². The lowest BCUT2D eigenvalue weighted by atomic mass is 10.0. The number of hydrogen-bond donors (Lipinski definition) is 0. The molecule has 3 heterocycles. The zero-order chi connectivity index (χ0) is 8.29. The molecular formula is C7H5NO3S. The summed E-state index contributed by atoms with van der Waals surface area (Å²) in [7, 11) is 0. The first-order valence-corrected chi connectivity index (χ1v) is 4.11. The zero-order valence-electron chi connectivity index (χ0n) is 6.07. The predicted octanol–water partition coefficient (Wildman–Crippen LogP) is 1.26. The van der Waals surface area contributed by atoms with Crippen molar-refractivity contribution in [3.05, 3.63) is 10.7 Å². The summed E-state index contributed by atoms with van der Waals surface area (Å²) in [4.78, 5) is 12.8. The molecule has 4 nitrogen and oxygen atoms in total. The third-order valence-electron chi connectivity index (χ3n) is 2.31. The van der Waals surface area contributed by atoms with Gasteiger partial charge in [0.05, 0.1) is 6.04 Å². The highest BCUT2D eigenvalue weighted by Gasteiger charge is 2.47. The smallest absolute Gasteiger partial charge is 0.364 e. The average Bonchev–Trinajstić information content (AvgIpc) is 2.39. The van der Waals surface area contributed by atoms with Crippen molar-refractivity contribution in [2.45, 2.75) is 18.9 Å². The number of anilines is 1. The van der Waals surface area contributed by atoms with E-state index in [-0.39, 0.29) is 16.9 Å². The first-order chi connectivity index (χ1) is 5.75. The van der Waals surface area contributed by atoms with Gasteiger partial charge in [0.2, 0.25) is 11.8 Å². The first-order valence-electron chi connectivity index (χ1n) is 3.70. The van der Waals surface area contributed by atoms with E-state index in [1.54, 1.807) is 4.90 Å². The van der Waals surface area contributed by atoms with Crippen LogP contribution in [0.5, 0.6) is 0 Å². The van der Waals surface area contributed by atoms with Crippen molar-refractivity contribution in [1.29, 1.82) is 0 Å². The molecule has 62 valence electrons. The highest BCUT2D eigenvalue weighted by atomic mass is 32.1. The van der Waals surface area contributed by atoms with Crippen molar-refractivity contribution in [3.8, 4) is 0 Å². The number of fused-ring (bicyclic) bond motifs is 3. The largest absolute Gasteiger partial charge is 0.416 e. The molecule has 2 aliphatic heterocycles.